The highest BCUT2D eigenvalue weighted by Gasteiger charge is 2.27. The van der Waals surface area contributed by atoms with E-state index in [2.05, 4.69) is 6.08 Å². The molecule has 3 aromatic carbocycles. The van der Waals surface area contributed by atoms with E-state index >= 15 is 0 Å². The van der Waals surface area contributed by atoms with Gasteiger partial charge >= 0.3 is 5.97 Å². The molecule has 1 heterocycles. The molecule has 0 fully saturated rings. The number of pyridine rings is 1. The molecule has 7 nitrogen and oxygen atoms in total. The van der Waals surface area contributed by atoms with Crippen LogP contribution >= 0.6 is 0 Å². The molecule has 0 saturated heterocycles. The quantitative estimate of drug-likeness (QED) is 0.197. The maximum atomic E-state index is 13.3. The standard InChI is InChI=1S/C28H22N2O5/c1-34-22-12-9-18(10-13-22)15-20-11-14-24-26(23-7-2-3-8-25(23)29-27(20)24)28(31)35-17-19-5-4-6-21(16-19)30(32)33/h2-10,12-13,15-16H,11,14,17H2,1H3/b20-15+. The number of hydrogen-bond donors (Lipinski definition) is 0. The van der Waals surface area contributed by atoms with Crippen molar-refractivity contribution in [2.45, 2.75) is 19.4 Å². The number of carbonyl (C=O) groups is 1. The predicted octanol–water partition coefficient (Wildman–Crippen LogP) is 6.00. The van der Waals surface area contributed by atoms with E-state index in [1.165, 1.54) is 12.1 Å². The fourth-order valence-corrected chi connectivity index (χ4v) is 4.39. The molecule has 0 bridgehead atoms. The van der Waals surface area contributed by atoms with Gasteiger partial charge in [-0.05, 0) is 59.4 Å². The molecule has 7 heteroatoms. The average molecular weight is 466 g/mol. The third kappa shape index (κ3) is 4.48. The number of hydrogen-bond acceptors (Lipinski definition) is 6. The summed E-state index contributed by atoms with van der Waals surface area (Å²) in [6, 6.07) is 21.4. The van der Waals surface area contributed by atoms with Gasteiger partial charge in [0.05, 0.1) is 28.8 Å². The van der Waals surface area contributed by atoms with Crippen molar-refractivity contribution in [3.05, 3.63) is 111 Å². The Morgan fingerprint density at radius 1 is 1.06 bits per heavy atom. The van der Waals surface area contributed by atoms with Crippen LogP contribution < -0.4 is 4.74 Å². The molecule has 0 N–H and O–H groups in total. The van der Waals surface area contributed by atoms with Gasteiger partial charge in [0.15, 0.2) is 0 Å². The van der Waals surface area contributed by atoms with Gasteiger partial charge in [-0.15, -0.1) is 0 Å². The van der Waals surface area contributed by atoms with Crippen molar-refractivity contribution in [3.8, 4) is 5.75 Å². The Bertz CT molecular complexity index is 1470. The first kappa shape index (κ1) is 22.3. The highest BCUT2D eigenvalue weighted by atomic mass is 16.6. The van der Waals surface area contributed by atoms with Crippen LogP contribution in [-0.2, 0) is 17.8 Å². The van der Waals surface area contributed by atoms with Crippen LogP contribution in [0.15, 0.2) is 72.8 Å². The number of esters is 1. The van der Waals surface area contributed by atoms with E-state index in [1.807, 2.05) is 48.5 Å². The summed E-state index contributed by atoms with van der Waals surface area (Å²) < 4.78 is 10.9. The number of fused-ring (bicyclic) bond motifs is 2. The van der Waals surface area contributed by atoms with Crippen molar-refractivity contribution in [3.63, 3.8) is 0 Å². The highest BCUT2D eigenvalue weighted by Crippen LogP contribution is 2.38. The molecule has 0 unspecified atom stereocenters. The first-order chi connectivity index (χ1) is 17.0. The summed E-state index contributed by atoms with van der Waals surface area (Å²) in [5.41, 5.74) is 5.51. The number of ether oxygens (including phenoxy) is 2. The second-order valence-corrected chi connectivity index (χ2v) is 8.28. The number of nitrogens with zero attached hydrogens (tertiary/aromatic N) is 2. The number of rotatable bonds is 6. The summed E-state index contributed by atoms with van der Waals surface area (Å²) >= 11 is 0. The lowest BCUT2D eigenvalue weighted by Crippen LogP contribution is -2.10. The monoisotopic (exact) mass is 466 g/mol. The zero-order valence-corrected chi connectivity index (χ0v) is 19.1. The van der Waals surface area contributed by atoms with Crippen LogP contribution in [0.4, 0.5) is 5.69 Å². The van der Waals surface area contributed by atoms with Gasteiger partial charge < -0.3 is 9.47 Å². The van der Waals surface area contributed by atoms with E-state index in [-0.39, 0.29) is 12.3 Å². The molecule has 4 aromatic rings. The number of nitro groups is 1. The van der Waals surface area contributed by atoms with Crippen molar-refractivity contribution < 1.29 is 19.2 Å². The van der Waals surface area contributed by atoms with Gasteiger partial charge in [-0.1, -0.05) is 42.5 Å². The lowest BCUT2D eigenvalue weighted by molar-refractivity contribution is -0.384. The molecule has 0 aliphatic heterocycles. The summed E-state index contributed by atoms with van der Waals surface area (Å²) in [4.78, 5) is 28.8. The Hall–Kier alpha value is -4.52. The lowest BCUT2D eigenvalue weighted by Gasteiger charge is -2.12. The number of allylic oxidation sites excluding steroid dienone is 1. The second-order valence-electron chi connectivity index (χ2n) is 8.28. The third-order valence-electron chi connectivity index (χ3n) is 6.09. The van der Waals surface area contributed by atoms with Crippen LogP contribution in [0.2, 0.25) is 0 Å². The van der Waals surface area contributed by atoms with Crippen LogP contribution in [0.1, 0.15) is 39.2 Å². The van der Waals surface area contributed by atoms with Crippen molar-refractivity contribution in [1.29, 1.82) is 0 Å². The Labute approximate surface area is 201 Å². The number of benzene rings is 3. The number of methoxy groups -OCH3 is 1. The Kier molecular flexibility index (Phi) is 5.97. The Morgan fingerprint density at radius 2 is 1.86 bits per heavy atom. The molecule has 1 aliphatic carbocycles. The summed E-state index contributed by atoms with van der Waals surface area (Å²) in [6.07, 6.45) is 3.53. The predicted molar refractivity (Wildman–Crippen MR) is 133 cm³/mol. The third-order valence-corrected chi connectivity index (χ3v) is 6.09. The molecule has 35 heavy (non-hydrogen) atoms. The minimum atomic E-state index is -0.467. The van der Waals surface area contributed by atoms with Crippen LogP contribution in [0.5, 0.6) is 5.75 Å². The van der Waals surface area contributed by atoms with E-state index in [4.69, 9.17) is 14.5 Å². The molecular weight excluding hydrogens is 444 g/mol. The van der Waals surface area contributed by atoms with Crippen molar-refractivity contribution in [2.24, 2.45) is 0 Å². The molecule has 0 atom stereocenters. The van der Waals surface area contributed by atoms with Gasteiger partial charge in [0.1, 0.15) is 12.4 Å². The zero-order valence-electron chi connectivity index (χ0n) is 19.1. The lowest BCUT2D eigenvalue weighted by atomic mass is 10.0. The highest BCUT2D eigenvalue weighted by molar-refractivity contribution is 6.07. The second kappa shape index (κ2) is 9.38. The van der Waals surface area contributed by atoms with Crippen molar-refractivity contribution >= 4 is 34.2 Å². The van der Waals surface area contributed by atoms with Crippen LogP contribution in [-0.4, -0.2) is 23.0 Å². The Balaban J connectivity index is 1.50. The molecular formula is C28H22N2O5. The number of aromatic nitrogens is 1. The summed E-state index contributed by atoms with van der Waals surface area (Å²) in [6.45, 7) is -0.0551. The molecule has 5 rings (SSSR count). The van der Waals surface area contributed by atoms with E-state index in [1.54, 1.807) is 19.2 Å². The Morgan fingerprint density at radius 3 is 2.63 bits per heavy atom. The fourth-order valence-electron chi connectivity index (χ4n) is 4.39. The molecule has 174 valence electrons. The number of nitro benzene ring substituents is 1. The van der Waals surface area contributed by atoms with E-state index in [0.717, 1.165) is 45.5 Å². The number of non-ortho nitro benzene ring substituents is 1. The van der Waals surface area contributed by atoms with Gasteiger partial charge in [0.2, 0.25) is 0 Å². The molecule has 0 saturated carbocycles. The first-order valence-corrected chi connectivity index (χ1v) is 11.2. The molecule has 0 spiro atoms. The maximum Gasteiger partial charge on any atom is 0.339 e. The van der Waals surface area contributed by atoms with E-state index < -0.39 is 10.9 Å². The summed E-state index contributed by atoms with van der Waals surface area (Å²) in [5, 5.41) is 11.8. The smallest absolute Gasteiger partial charge is 0.339 e. The summed E-state index contributed by atoms with van der Waals surface area (Å²) in [5.74, 6) is 0.328. The first-order valence-electron chi connectivity index (χ1n) is 11.2. The van der Waals surface area contributed by atoms with Crippen molar-refractivity contribution in [1.82, 2.24) is 4.98 Å². The topological polar surface area (TPSA) is 91.6 Å². The fraction of sp³-hybridized carbons (Fsp3) is 0.143. The largest absolute Gasteiger partial charge is 0.497 e. The van der Waals surface area contributed by atoms with Gasteiger partial charge in [-0.2, -0.15) is 0 Å². The van der Waals surface area contributed by atoms with Gasteiger partial charge in [0.25, 0.3) is 5.69 Å². The van der Waals surface area contributed by atoms with Crippen molar-refractivity contribution in [2.75, 3.05) is 7.11 Å². The number of carbonyl (C=O) groups excluding carboxylic acids is 1. The molecule has 0 radical (unpaired) electrons. The van der Waals surface area contributed by atoms with Gasteiger partial charge in [-0.3, -0.25) is 10.1 Å². The zero-order chi connectivity index (χ0) is 24.4. The molecule has 0 amide bonds. The normalized spacial score (nSPS) is 13.6. The maximum absolute atomic E-state index is 13.3. The van der Waals surface area contributed by atoms with Gasteiger partial charge in [-0.25, -0.2) is 9.78 Å². The minimum absolute atomic E-state index is 0.0397. The summed E-state index contributed by atoms with van der Waals surface area (Å²) in [7, 11) is 1.63. The average Bonchev–Trinajstić information content (AvgIpc) is 3.28. The van der Waals surface area contributed by atoms with Crippen LogP contribution in [0, 0.1) is 10.1 Å². The van der Waals surface area contributed by atoms with Crippen LogP contribution in [0.25, 0.3) is 22.6 Å². The van der Waals surface area contributed by atoms with E-state index in [9.17, 15) is 14.9 Å². The number of para-hydroxylation sites is 1. The van der Waals surface area contributed by atoms with Crippen LogP contribution in [0.3, 0.4) is 0 Å². The minimum Gasteiger partial charge on any atom is -0.497 e. The SMILES string of the molecule is COc1ccc(/C=C2\CCc3c2nc2ccccc2c3C(=O)OCc2cccc([N+](=O)[O-])c2)cc1. The van der Waals surface area contributed by atoms with E-state index in [0.29, 0.717) is 17.5 Å². The molecule has 1 aliphatic rings. The van der Waals surface area contributed by atoms with Gasteiger partial charge in [0, 0.05) is 17.5 Å². The molecule has 1 aromatic heterocycles.